The Morgan fingerprint density at radius 1 is 1.10 bits per heavy atom. The molecule has 1 heterocycles. The number of benzene rings is 2. The number of nitrogens with one attached hydrogen (secondary N) is 2. The van der Waals surface area contributed by atoms with Crippen LogP contribution in [0, 0.1) is 6.92 Å². The molecule has 3 rings (SSSR count). The van der Waals surface area contributed by atoms with Crippen LogP contribution >= 0.6 is 23.1 Å². The van der Waals surface area contributed by atoms with E-state index >= 15 is 0 Å². The smallest absolute Gasteiger partial charge is 0.257 e. The highest BCUT2D eigenvalue weighted by Gasteiger charge is 2.11. The van der Waals surface area contributed by atoms with Gasteiger partial charge in [-0.15, -0.1) is 23.1 Å². The molecule has 2 amide bonds. The van der Waals surface area contributed by atoms with Crippen LogP contribution in [0.3, 0.4) is 0 Å². The van der Waals surface area contributed by atoms with E-state index in [1.54, 1.807) is 37.4 Å². The maximum atomic E-state index is 12.4. The number of methoxy groups -OCH3 is 1. The number of hydrogen-bond acceptors (Lipinski definition) is 6. The molecule has 0 aliphatic heterocycles. The minimum Gasteiger partial charge on any atom is -0.497 e. The summed E-state index contributed by atoms with van der Waals surface area (Å²) in [6.45, 7) is 1.90. The first-order valence-electron chi connectivity index (χ1n) is 8.88. The summed E-state index contributed by atoms with van der Waals surface area (Å²) in [6, 6.07) is 14.6. The van der Waals surface area contributed by atoms with Crippen molar-refractivity contribution in [1.82, 2.24) is 4.98 Å². The maximum absolute atomic E-state index is 12.4. The number of aryl methyl sites for hydroxylation is 1. The van der Waals surface area contributed by atoms with Crippen LogP contribution < -0.4 is 15.4 Å². The van der Waals surface area contributed by atoms with Crippen LogP contribution in [-0.4, -0.2) is 29.7 Å². The molecular formula is C21H21N3O3S2. The Morgan fingerprint density at radius 3 is 2.59 bits per heavy atom. The average molecular weight is 428 g/mol. The van der Waals surface area contributed by atoms with Crippen LogP contribution in [0.2, 0.25) is 0 Å². The second-order valence-corrected chi connectivity index (χ2v) is 8.03. The van der Waals surface area contributed by atoms with Gasteiger partial charge in [0, 0.05) is 22.4 Å². The molecule has 0 spiro atoms. The highest BCUT2D eigenvalue weighted by molar-refractivity contribution is 7.99. The normalized spacial score (nSPS) is 10.4. The molecule has 0 atom stereocenters. The third-order valence-electron chi connectivity index (χ3n) is 4.02. The van der Waals surface area contributed by atoms with Gasteiger partial charge in [0.2, 0.25) is 5.91 Å². The van der Waals surface area contributed by atoms with Gasteiger partial charge in [0.1, 0.15) is 5.75 Å². The Balaban J connectivity index is 1.44. The van der Waals surface area contributed by atoms with Crippen molar-refractivity contribution in [3.8, 4) is 5.75 Å². The molecular weight excluding hydrogens is 406 g/mol. The molecule has 0 unspecified atom stereocenters. The Kier molecular flexibility index (Phi) is 7.26. The number of amides is 2. The predicted octanol–water partition coefficient (Wildman–Crippen LogP) is 4.58. The second-order valence-electron chi connectivity index (χ2n) is 6.18. The second kappa shape index (κ2) is 10.1. The van der Waals surface area contributed by atoms with E-state index in [0.717, 1.165) is 22.7 Å². The van der Waals surface area contributed by atoms with E-state index in [2.05, 4.69) is 15.6 Å². The van der Waals surface area contributed by atoms with Gasteiger partial charge in [-0.3, -0.25) is 14.9 Å². The summed E-state index contributed by atoms with van der Waals surface area (Å²) in [4.78, 5) is 28.8. The van der Waals surface area contributed by atoms with Crippen molar-refractivity contribution in [2.75, 3.05) is 23.5 Å². The Bertz CT molecular complexity index is 987. The molecule has 0 radical (unpaired) electrons. The molecule has 2 N–H and O–H groups in total. The zero-order valence-electron chi connectivity index (χ0n) is 16.1. The third kappa shape index (κ3) is 6.07. The fourth-order valence-electron chi connectivity index (χ4n) is 2.54. The number of hydrogen-bond donors (Lipinski definition) is 2. The zero-order valence-corrected chi connectivity index (χ0v) is 17.7. The van der Waals surface area contributed by atoms with E-state index in [9.17, 15) is 9.59 Å². The molecule has 3 aromatic rings. The van der Waals surface area contributed by atoms with Gasteiger partial charge >= 0.3 is 0 Å². The summed E-state index contributed by atoms with van der Waals surface area (Å²) < 4.78 is 5.10. The van der Waals surface area contributed by atoms with Gasteiger partial charge in [-0.05, 0) is 42.8 Å². The van der Waals surface area contributed by atoms with Crippen molar-refractivity contribution in [2.45, 2.75) is 12.7 Å². The van der Waals surface area contributed by atoms with E-state index in [0.29, 0.717) is 22.2 Å². The van der Waals surface area contributed by atoms with E-state index in [4.69, 9.17) is 4.74 Å². The summed E-state index contributed by atoms with van der Waals surface area (Å²) >= 11 is 2.84. The van der Waals surface area contributed by atoms with E-state index < -0.39 is 0 Å². The first kappa shape index (κ1) is 20.9. The lowest BCUT2D eigenvalue weighted by Crippen LogP contribution is -2.14. The number of anilines is 2. The lowest BCUT2D eigenvalue weighted by molar-refractivity contribution is -0.113. The monoisotopic (exact) mass is 427 g/mol. The third-order valence-corrected chi connectivity index (χ3v) is 5.79. The number of carbonyl (C=O) groups is 2. The van der Waals surface area contributed by atoms with Gasteiger partial charge < -0.3 is 10.1 Å². The van der Waals surface area contributed by atoms with Crippen molar-refractivity contribution < 1.29 is 14.3 Å². The Hall–Kier alpha value is -2.84. The summed E-state index contributed by atoms with van der Waals surface area (Å²) in [7, 11) is 1.60. The zero-order chi connectivity index (χ0) is 20.6. The van der Waals surface area contributed by atoms with Gasteiger partial charge in [-0.1, -0.05) is 18.2 Å². The fourth-order valence-corrected chi connectivity index (χ4v) is 4.07. The number of aromatic nitrogens is 1. The highest BCUT2D eigenvalue weighted by atomic mass is 32.2. The molecule has 0 fully saturated rings. The number of ether oxygens (including phenoxy) is 1. The number of rotatable bonds is 8. The standard InChI is InChI=1S/C21H21N3O3S2/c1-14-5-3-4-6-18(14)20(26)24-21-23-16(12-29-21)11-28-13-19(25)22-15-7-9-17(27-2)10-8-15/h3-10,12H,11,13H2,1-2H3,(H,22,25)(H,23,24,26). The first-order valence-corrected chi connectivity index (χ1v) is 10.9. The van der Waals surface area contributed by atoms with Gasteiger partial charge in [0.05, 0.1) is 18.6 Å². The maximum Gasteiger partial charge on any atom is 0.257 e. The topological polar surface area (TPSA) is 80.3 Å². The first-order chi connectivity index (χ1) is 14.0. The van der Waals surface area contributed by atoms with Gasteiger partial charge in [-0.2, -0.15) is 0 Å². The van der Waals surface area contributed by atoms with Crippen LogP contribution in [0.4, 0.5) is 10.8 Å². The number of nitrogens with zero attached hydrogens (tertiary/aromatic N) is 1. The van der Waals surface area contributed by atoms with Crippen LogP contribution in [0.5, 0.6) is 5.75 Å². The number of carbonyl (C=O) groups excluding carboxylic acids is 2. The minimum absolute atomic E-state index is 0.0801. The van der Waals surface area contributed by atoms with Crippen molar-refractivity contribution >= 4 is 45.7 Å². The number of thiazole rings is 1. The largest absolute Gasteiger partial charge is 0.497 e. The van der Waals surface area contributed by atoms with Crippen LogP contribution in [0.25, 0.3) is 0 Å². The van der Waals surface area contributed by atoms with E-state index in [1.807, 2.05) is 30.5 Å². The quantitative estimate of drug-likeness (QED) is 0.550. The van der Waals surface area contributed by atoms with E-state index in [-0.39, 0.29) is 11.8 Å². The molecule has 0 bridgehead atoms. The molecule has 2 aromatic carbocycles. The molecule has 1 aromatic heterocycles. The molecule has 0 saturated heterocycles. The Morgan fingerprint density at radius 2 is 1.86 bits per heavy atom. The molecule has 0 aliphatic rings. The van der Waals surface area contributed by atoms with Crippen LogP contribution in [0.1, 0.15) is 21.6 Å². The fraction of sp³-hybridized carbons (Fsp3) is 0.190. The molecule has 29 heavy (non-hydrogen) atoms. The molecule has 150 valence electrons. The van der Waals surface area contributed by atoms with Gasteiger partial charge in [-0.25, -0.2) is 4.98 Å². The molecule has 6 nitrogen and oxygen atoms in total. The summed E-state index contributed by atoms with van der Waals surface area (Å²) in [6.07, 6.45) is 0. The van der Waals surface area contributed by atoms with Gasteiger partial charge in [0.25, 0.3) is 5.91 Å². The molecule has 0 aliphatic carbocycles. The molecule has 8 heteroatoms. The molecule has 0 saturated carbocycles. The van der Waals surface area contributed by atoms with Crippen molar-refractivity contribution in [1.29, 1.82) is 0 Å². The highest BCUT2D eigenvalue weighted by Crippen LogP contribution is 2.21. The van der Waals surface area contributed by atoms with Crippen LogP contribution in [-0.2, 0) is 10.5 Å². The SMILES string of the molecule is COc1ccc(NC(=O)CSCc2csc(NC(=O)c3ccccc3C)n2)cc1. The minimum atomic E-state index is -0.171. The summed E-state index contributed by atoms with van der Waals surface area (Å²) in [5, 5.41) is 8.12. The summed E-state index contributed by atoms with van der Waals surface area (Å²) in [5.74, 6) is 1.39. The van der Waals surface area contributed by atoms with Crippen molar-refractivity contribution in [3.63, 3.8) is 0 Å². The predicted molar refractivity (Wildman–Crippen MR) is 119 cm³/mol. The number of thioether (sulfide) groups is 1. The van der Waals surface area contributed by atoms with E-state index in [1.165, 1.54) is 23.1 Å². The van der Waals surface area contributed by atoms with Gasteiger partial charge in [0.15, 0.2) is 5.13 Å². The van der Waals surface area contributed by atoms with Crippen molar-refractivity contribution in [2.24, 2.45) is 0 Å². The lowest BCUT2D eigenvalue weighted by Gasteiger charge is -2.06. The van der Waals surface area contributed by atoms with Crippen molar-refractivity contribution in [3.05, 3.63) is 70.7 Å². The Labute approximate surface area is 177 Å². The average Bonchev–Trinajstić information content (AvgIpc) is 3.16. The lowest BCUT2D eigenvalue weighted by atomic mass is 10.1. The van der Waals surface area contributed by atoms with Crippen LogP contribution in [0.15, 0.2) is 53.9 Å². The summed E-state index contributed by atoms with van der Waals surface area (Å²) in [5.41, 5.74) is 3.11.